The molecule has 0 fully saturated rings. The smallest absolute Gasteiger partial charge is 0.480 e. The number of carbonyl (C=O) groups is 3. The fourth-order valence-electron chi connectivity index (χ4n) is 3.87. The van der Waals surface area contributed by atoms with Gasteiger partial charge in [-0.3, -0.25) is 9.05 Å². The highest BCUT2D eigenvalue weighted by Crippen LogP contribution is 2.50. The summed E-state index contributed by atoms with van der Waals surface area (Å²) in [6.45, 7) is 1.52. The monoisotopic (exact) mass is 665 g/mol. The SMILES string of the molecule is CCCC(C(=O)O)N(C)C(N)=NP(=O)(OCCCOC(=O)OCCc1ccccc1)OCCCOC(=O)OCCc1ccccc1. The third-order valence-corrected chi connectivity index (χ3v) is 7.80. The second-order valence-electron chi connectivity index (χ2n) is 9.92. The fraction of sp³-hybridized carbons (Fsp3) is 0.484. The Morgan fingerprint density at radius 1 is 0.783 bits per heavy atom. The molecule has 46 heavy (non-hydrogen) atoms. The van der Waals surface area contributed by atoms with Gasteiger partial charge in [0.2, 0.25) is 5.96 Å². The van der Waals surface area contributed by atoms with Gasteiger partial charge in [0.25, 0.3) is 0 Å². The molecule has 0 aliphatic rings. The lowest BCUT2D eigenvalue weighted by Gasteiger charge is -2.26. The lowest BCUT2D eigenvalue weighted by Crippen LogP contribution is -2.46. The maximum Gasteiger partial charge on any atom is 0.508 e. The molecule has 1 unspecified atom stereocenters. The number of hydrogen-bond acceptors (Lipinski definition) is 10. The number of benzene rings is 2. The van der Waals surface area contributed by atoms with E-state index in [1.54, 1.807) is 0 Å². The van der Waals surface area contributed by atoms with Crippen molar-refractivity contribution in [1.82, 2.24) is 4.90 Å². The number of nitrogens with two attached hydrogens (primary N) is 1. The Hall–Kier alpha value is -4.13. The van der Waals surface area contributed by atoms with Gasteiger partial charge in [-0.25, -0.2) is 18.9 Å². The van der Waals surface area contributed by atoms with E-state index in [9.17, 15) is 24.1 Å². The molecule has 2 aromatic rings. The van der Waals surface area contributed by atoms with Crippen molar-refractivity contribution < 1.29 is 52.1 Å². The van der Waals surface area contributed by atoms with Crippen molar-refractivity contribution in [3.8, 4) is 0 Å². The standard InChI is InChI=1S/C31H44N3O11P/c1-3-12-27(28(35)36)34(2)29(32)33-46(39,44-21-10-19-40-30(37)42-23-17-25-13-6-4-7-14-25)45-22-11-20-41-31(38)43-24-18-26-15-8-5-9-16-26/h4-9,13-16,27H,3,10-12,17-24H2,1-2H3,(H,35,36)(H2,32,33,39). The van der Waals surface area contributed by atoms with Crippen LogP contribution in [0.25, 0.3) is 0 Å². The summed E-state index contributed by atoms with van der Waals surface area (Å²) in [6.07, 6.45) is 0.440. The summed E-state index contributed by atoms with van der Waals surface area (Å²) >= 11 is 0. The third kappa shape index (κ3) is 15.7. The summed E-state index contributed by atoms with van der Waals surface area (Å²) in [4.78, 5) is 36.6. The van der Waals surface area contributed by atoms with Crippen LogP contribution in [-0.2, 0) is 50.2 Å². The molecule has 0 spiro atoms. The Balaban J connectivity index is 1.82. The van der Waals surface area contributed by atoms with Gasteiger partial charge in [-0.05, 0) is 17.5 Å². The number of aliphatic carboxylic acids is 1. The van der Waals surface area contributed by atoms with E-state index in [1.165, 1.54) is 11.9 Å². The lowest BCUT2D eigenvalue weighted by molar-refractivity contribution is -0.141. The molecule has 0 bridgehead atoms. The first kappa shape index (κ1) is 38.1. The molecule has 254 valence electrons. The molecule has 0 aromatic heterocycles. The van der Waals surface area contributed by atoms with Gasteiger partial charge in [0.05, 0.1) is 39.6 Å². The summed E-state index contributed by atoms with van der Waals surface area (Å²) in [7, 11) is -2.86. The van der Waals surface area contributed by atoms with Gasteiger partial charge in [0.1, 0.15) is 6.04 Å². The molecule has 2 aromatic carbocycles. The number of hydrogen-bond donors (Lipinski definition) is 2. The number of likely N-dealkylation sites (N-methyl/N-ethyl adjacent to an activating group) is 1. The van der Waals surface area contributed by atoms with Crippen LogP contribution < -0.4 is 5.73 Å². The Morgan fingerprint density at radius 3 is 1.63 bits per heavy atom. The van der Waals surface area contributed by atoms with E-state index in [1.807, 2.05) is 67.6 Å². The van der Waals surface area contributed by atoms with Crippen LogP contribution in [-0.4, -0.2) is 87.0 Å². The van der Waals surface area contributed by atoms with Gasteiger partial charge < -0.3 is 34.7 Å². The highest BCUT2D eigenvalue weighted by molar-refractivity contribution is 7.52. The second kappa shape index (κ2) is 21.6. The number of nitrogens with zero attached hydrogens (tertiary/aromatic N) is 2. The molecule has 0 amide bonds. The van der Waals surface area contributed by atoms with E-state index in [2.05, 4.69) is 4.76 Å². The van der Waals surface area contributed by atoms with Crippen LogP contribution in [0.2, 0.25) is 0 Å². The van der Waals surface area contributed by atoms with Crippen molar-refractivity contribution in [2.24, 2.45) is 10.5 Å². The zero-order chi connectivity index (χ0) is 33.6. The Bertz CT molecular complexity index is 1190. The molecule has 1 atom stereocenters. The molecular weight excluding hydrogens is 621 g/mol. The first-order chi connectivity index (χ1) is 22.1. The number of ether oxygens (including phenoxy) is 4. The molecule has 0 saturated heterocycles. The normalized spacial score (nSPS) is 12.2. The van der Waals surface area contributed by atoms with Gasteiger partial charge >= 0.3 is 26.0 Å². The van der Waals surface area contributed by atoms with Crippen LogP contribution >= 0.6 is 7.75 Å². The lowest BCUT2D eigenvalue weighted by atomic mass is 10.1. The minimum absolute atomic E-state index is 0.0961. The number of guanidine groups is 1. The quantitative estimate of drug-likeness (QED) is 0.0583. The molecule has 0 heterocycles. The van der Waals surface area contributed by atoms with Crippen molar-refractivity contribution in [3.63, 3.8) is 0 Å². The zero-order valence-electron chi connectivity index (χ0n) is 26.3. The Labute approximate surface area is 269 Å². The van der Waals surface area contributed by atoms with Crippen molar-refractivity contribution in [2.45, 2.75) is 51.5 Å². The molecular formula is C31H44N3O11P. The van der Waals surface area contributed by atoms with E-state index in [4.69, 9.17) is 33.7 Å². The molecule has 0 radical (unpaired) electrons. The summed E-state index contributed by atoms with van der Waals surface area (Å²) in [6, 6.07) is 18.0. The van der Waals surface area contributed by atoms with Crippen molar-refractivity contribution in [2.75, 3.05) is 46.7 Å². The maximum atomic E-state index is 13.5. The van der Waals surface area contributed by atoms with Gasteiger partial charge in [0, 0.05) is 32.7 Å². The molecule has 0 aliphatic carbocycles. The van der Waals surface area contributed by atoms with Crippen LogP contribution in [0.15, 0.2) is 65.4 Å². The molecule has 0 aliphatic heterocycles. The predicted octanol–water partition coefficient (Wildman–Crippen LogP) is 5.20. The van der Waals surface area contributed by atoms with E-state index in [-0.39, 0.29) is 64.9 Å². The van der Waals surface area contributed by atoms with Gasteiger partial charge in [-0.1, -0.05) is 74.0 Å². The van der Waals surface area contributed by atoms with Crippen LogP contribution in [0.3, 0.4) is 0 Å². The van der Waals surface area contributed by atoms with Crippen LogP contribution in [0.1, 0.15) is 43.7 Å². The maximum absolute atomic E-state index is 13.5. The Morgan fingerprint density at radius 2 is 1.22 bits per heavy atom. The van der Waals surface area contributed by atoms with E-state index < -0.39 is 32.1 Å². The third-order valence-electron chi connectivity index (χ3n) is 6.33. The van der Waals surface area contributed by atoms with Gasteiger partial charge in [0.15, 0.2) is 0 Å². The largest absolute Gasteiger partial charge is 0.508 e. The zero-order valence-corrected chi connectivity index (χ0v) is 27.2. The molecule has 3 N–H and O–H groups in total. The van der Waals surface area contributed by atoms with Crippen molar-refractivity contribution in [3.05, 3.63) is 71.8 Å². The minimum atomic E-state index is -4.26. The summed E-state index contributed by atoms with van der Waals surface area (Å²) < 4.78 is 48.4. The number of carboxylic acid groups (broad SMARTS) is 1. The summed E-state index contributed by atoms with van der Waals surface area (Å²) in [5.74, 6) is -1.49. The number of carboxylic acids is 1. The number of carbonyl (C=O) groups excluding carboxylic acids is 2. The van der Waals surface area contributed by atoms with Crippen LogP contribution in [0.4, 0.5) is 9.59 Å². The van der Waals surface area contributed by atoms with Crippen LogP contribution in [0.5, 0.6) is 0 Å². The Kier molecular flexibility index (Phi) is 17.9. The first-order valence-electron chi connectivity index (χ1n) is 15.0. The highest BCUT2D eigenvalue weighted by atomic mass is 31.2. The molecule has 2 rings (SSSR count). The van der Waals surface area contributed by atoms with Crippen molar-refractivity contribution >= 4 is 32.0 Å². The topological polar surface area (TPSA) is 186 Å². The second-order valence-corrected chi connectivity index (χ2v) is 11.6. The molecule has 15 heteroatoms. The average molecular weight is 666 g/mol. The summed E-state index contributed by atoms with van der Waals surface area (Å²) in [5, 5.41) is 9.55. The average Bonchev–Trinajstić information content (AvgIpc) is 3.04. The highest BCUT2D eigenvalue weighted by Gasteiger charge is 2.29. The number of rotatable bonds is 21. The van der Waals surface area contributed by atoms with Gasteiger partial charge in [-0.15, -0.1) is 4.76 Å². The minimum Gasteiger partial charge on any atom is -0.480 e. The van der Waals surface area contributed by atoms with Crippen LogP contribution in [0, 0.1) is 0 Å². The van der Waals surface area contributed by atoms with E-state index in [0.717, 1.165) is 11.1 Å². The van der Waals surface area contributed by atoms with Crippen molar-refractivity contribution in [1.29, 1.82) is 0 Å². The summed E-state index contributed by atoms with van der Waals surface area (Å²) in [5.41, 5.74) is 8.03. The van der Waals surface area contributed by atoms with Gasteiger partial charge in [-0.2, -0.15) is 0 Å². The van der Waals surface area contributed by atoms with E-state index >= 15 is 0 Å². The predicted molar refractivity (Wildman–Crippen MR) is 169 cm³/mol. The van der Waals surface area contributed by atoms with E-state index in [0.29, 0.717) is 19.3 Å². The molecule has 14 nitrogen and oxygen atoms in total. The fourth-order valence-corrected chi connectivity index (χ4v) is 5.17. The molecule has 0 saturated carbocycles. The first-order valence-corrected chi connectivity index (χ1v) is 16.5.